The molecule has 346 valence electrons. The first-order chi connectivity index (χ1) is 32.0. The van der Waals surface area contributed by atoms with Crippen molar-refractivity contribution in [2.24, 2.45) is 0 Å². The number of carboxylic acids is 1. The molecule has 0 atom stereocenters. The maximum absolute atomic E-state index is 12.7. The predicted molar refractivity (Wildman–Crippen MR) is 242 cm³/mol. The lowest BCUT2D eigenvalue weighted by Crippen LogP contribution is -2.18. The van der Waals surface area contributed by atoms with Crippen LogP contribution in [0.25, 0.3) is 33.8 Å². The average Bonchev–Trinajstić information content (AvgIpc) is 3.91. The highest BCUT2D eigenvalue weighted by Gasteiger charge is 2.27. The van der Waals surface area contributed by atoms with E-state index in [0.717, 1.165) is 11.1 Å². The molecule has 18 heteroatoms. The molecule has 4 aromatic carbocycles. The summed E-state index contributed by atoms with van der Waals surface area (Å²) < 4.78 is 91.5. The Kier molecular flexibility index (Phi) is 14.0. The number of rotatable bonds is 14. The van der Waals surface area contributed by atoms with E-state index < -0.39 is 31.2 Å². The van der Waals surface area contributed by atoms with E-state index in [2.05, 4.69) is 25.9 Å². The minimum Gasteiger partial charge on any atom is -0.478 e. The van der Waals surface area contributed by atoms with E-state index in [1.165, 1.54) is 6.07 Å². The number of ether oxygens (including phenoxy) is 2. The molecule has 0 radical (unpaired) electrons. The van der Waals surface area contributed by atoms with E-state index in [0.29, 0.717) is 73.7 Å². The van der Waals surface area contributed by atoms with Gasteiger partial charge in [-0.3, -0.25) is 13.6 Å². The molecule has 12 nitrogen and oxygen atoms in total. The van der Waals surface area contributed by atoms with E-state index in [1.54, 1.807) is 102 Å². The normalized spacial score (nSPS) is 11.5. The van der Waals surface area contributed by atoms with Crippen LogP contribution in [0.1, 0.15) is 44.7 Å². The maximum Gasteiger partial charge on any atom is 0.390 e. The number of aryl methyl sites for hydroxylation is 2. The lowest BCUT2D eigenvalue weighted by atomic mass is 10.0. The molecule has 0 saturated carbocycles. The number of hydrogen-bond acceptors (Lipinski definition) is 8. The van der Waals surface area contributed by atoms with E-state index in [1.807, 2.05) is 55.5 Å². The number of fused-ring (bicyclic) bond motifs is 2. The van der Waals surface area contributed by atoms with Gasteiger partial charge in [0.25, 0.3) is 5.91 Å². The van der Waals surface area contributed by atoms with Gasteiger partial charge in [-0.05, 0) is 73.5 Å². The maximum atomic E-state index is 12.7. The second-order valence-corrected chi connectivity index (χ2v) is 15.2. The Hall–Kier alpha value is -8.02. The highest BCUT2D eigenvalue weighted by atomic mass is 19.4. The first-order valence-electron chi connectivity index (χ1n) is 20.7. The third-order valence-corrected chi connectivity index (χ3v) is 10.3. The Balaban J connectivity index is 0.000000199. The van der Waals surface area contributed by atoms with Crippen molar-refractivity contribution in [3.8, 4) is 45.5 Å². The quantitative estimate of drug-likeness (QED) is 0.0784. The van der Waals surface area contributed by atoms with Crippen molar-refractivity contribution in [2.75, 3.05) is 30.8 Å². The van der Waals surface area contributed by atoms with Gasteiger partial charge in [0, 0.05) is 49.0 Å². The Morgan fingerprint density at radius 3 is 1.39 bits per heavy atom. The molecule has 67 heavy (non-hydrogen) atoms. The highest BCUT2D eigenvalue weighted by molar-refractivity contribution is 5.96. The molecule has 0 aliphatic rings. The molecule has 0 aliphatic carbocycles. The number of anilines is 2. The van der Waals surface area contributed by atoms with E-state index >= 15 is 0 Å². The second kappa shape index (κ2) is 20.0. The number of amides is 1. The van der Waals surface area contributed by atoms with Crippen LogP contribution in [0.5, 0.6) is 23.0 Å². The third-order valence-electron chi connectivity index (χ3n) is 10.3. The van der Waals surface area contributed by atoms with Crippen LogP contribution < -0.4 is 25.4 Å². The van der Waals surface area contributed by atoms with Crippen molar-refractivity contribution in [1.82, 2.24) is 24.1 Å². The topological polar surface area (TPSA) is 144 Å². The molecule has 4 heterocycles. The van der Waals surface area contributed by atoms with E-state index in [9.17, 15) is 41.0 Å². The molecule has 0 aliphatic heterocycles. The van der Waals surface area contributed by atoms with Gasteiger partial charge in [-0.15, -0.1) is 0 Å². The summed E-state index contributed by atoms with van der Waals surface area (Å²) in [5.74, 6) is 0.799. The van der Waals surface area contributed by atoms with Crippen molar-refractivity contribution >= 4 is 34.5 Å². The summed E-state index contributed by atoms with van der Waals surface area (Å²) in [6, 6.07) is 31.7. The summed E-state index contributed by atoms with van der Waals surface area (Å²) in [5, 5.41) is 17.6. The van der Waals surface area contributed by atoms with Crippen LogP contribution in [0, 0.1) is 13.8 Å². The molecule has 4 aromatic heterocycles. The molecule has 0 unspecified atom stereocenters. The fourth-order valence-corrected chi connectivity index (χ4v) is 7.13. The number of benzene rings is 4. The van der Waals surface area contributed by atoms with Crippen LogP contribution in [-0.2, 0) is 0 Å². The van der Waals surface area contributed by atoms with Crippen molar-refractivity contribution in [3.05, 3.63) is 156 Å². The van der Waals surface area contributed by atoms with Crippen molar-refractivity contribution < 1.29 is 50.5 Å². The van der Waals surface area contributed by atoms with Gasteiger partial charge < -0.3 is 30.5 Å². The number of halogens is 6. The summed E-state index contributed by atoms with van der Waals surface area (Å²) in [5.41, 5.74) is 6.67. The molecule has 8 rings (SSSR count). The SMILES string of the molecule is CNC(=O)c1ccc(-c2cnc3c(NCCC(F)(F)F)cc(Oc4ccccc4)cn23)cc1C.Cc1cc(-c2cnc3c(NCCC(F)(F)F)cc(Oc4ccccc4)cn23)ccc1C(=O)O. The Morgan fingerprint density at radius 2 is 1.01 bits per heavy atom. The zero-order chi connectivity index (χ0) is 47.9. The highest BCUT2D eigenvalue weighted by Crippen LogP contribution is 2.34. The first kappa shape index (κ1) is 47.0. The average molecular weight is 924 g/mol. The zero-order valence-corrected chi connectivity index (χ0v) is 36.2. The fourth-order valence-electron chi connectivity index (χ4n) is 7.13. The summed E-state index contributed by atoms with van der Waals surface area (Å²) in [4.78, 5) is 32.2. The Bertz CT molecular complexity index is 3030. The number of nitrogens with zero attached hydrogens (tertiary/aromatic N) is 4. The van der Waals surface area contributed by atoms with Crippen LogP contribution in [0.4, 0.5) is 37.7 Å². The lowest BCUT2D eigenvalue weighted by molar-refractivity contribution is -0.132. The first-order valence-corrected chi connectivity index (χ1v) is 20.7. The number of imidazole rings is 2. The number of pyridine rings is 2. The molecular weight excluding hydrogens is 881 g/mol. The summed E-state index contributed by atoms with van der Waals surface area (Å²) in [6.07, 6.45) is -3.86. The molecular formula is C49H43F6N7O5. The van der Waals surface area contributed by atoms with Gasteiger partial charge in [0.2, 0.25) is 0 Å². The summed E-state index contributed by atoms with van der Waals surface area (Å²) in [6.45, 7) is 2.92. The number of alkyl halides is 6. The van der Waals surface area contributed by atoms with Gasteiger partial charge >= 0.3 is 18.3 Å². The van der Waals surface area contributed by atoms with Crippen molar-refractivity contribution in [3.63, 3.8) is 0 Å². The smallest absolute Gasteiger partial charge is 0.390 e. The van der Waals surface area contributed by atoms with Gasteiger partial charge in [0.15, 0.2) is 11.3 Å². The number of nitrogens with one attached hydrogen (secondary N) is 3. The van der Waals surface area contributed by atoms with Crippen LogP contribution in [0.3, 0.4) is 0 Å². The van der Waals surface area contributed by atoms with Gasteiger partial charge in [0.1, 0.15) is 23.0 Å². The van der Waals surface area contributed by atoms with Crippen LogP contribution >= 0.6 is 0 Å². The van der Waals surface area contributed by atoms with Gasteiger partial charge in [-0.1, -0.05) is 48.5 Å². The van der Waals surface area contributed by atoms with Gasteiger partial charge in [0.05, 0.1) is 66.0 Å². The van der Waals surface area contributed by atoms with Crippen molar-refractivity contribution in [2.45, 2.75) is 39.0 Å². The number of hydrogen-bond donors (Lipinski definition) is 4. The van der Waals surface area contributed by atoms with E-state index in [-0.39, 0.29) is 24.6 Å². The summed E-state index contributed by atoms with van der Waals surface area (Å²) in [7, 11) is 1.57. The Morgan fingerprint density at radius 1 is 0.597 bits per heavy atom. The molecule has 0 fully saturated rings. The molecule has 4 N–H and O–H groups in total. The lowest BCUT2D eigenvalue weighted by Gasteiger charge is -2.14. The van der Waals surface area contributed by atoms with Crippen molar-refractivity contribution in [1.29, 1.82) is 0 Å². The second-order valence-electron chi connectivity index (χ2n) is 15.2. The third kappa shape index (κ3) is 11.8. The molecule has 0 saturated heterocycles. The molecule has 1 amide bonds. The van der Waals surface area contributed by atoms with Gasteiger partial charge in [-0.25, -0.2) is 14.8 Å². The van der Waals surface area contributed by atoms with E-state index in [4.69, 9.17) is 9.47 Å². The molecule has 0 spiro atoms. The standard InChI is InChI=1S/C25H23F3N4O2.C24H20F3N3O3/c1-16-12-17(8-9-20(16)24(33)29-2)22-14-31-23-21(30-11-10-25(26,27)28)13-19(15-32(22)23)34-18-6-4-3-5-7-18;1-15-11-16(7-8-19(15)23(31)32)21-13-29-22-20(28-10-9-24(25,26)27)12-18(14-30(21)22)33-17-5-3-2-4-6-17/h3-9,12-15,30H,10-11H2,1-2H3,(H,29,33);2-8,11-14,28H,9-10H2,1H3,(H,31,32). The fraction of sp³-hybridized carbons (Fsp3) is 0.184. The predicted octanol–water partition coefficient (Wildman–Crippen LogP) is 12.0. The number of aromatic carboxylic acids is 1. The van der Waals surface area contributed by atoms with Gasteiger partial charge in [-0.2, -0.15) is 26.3 Å². The van der Waals surface area contributed by atoms with Crippen LogP contribution in [-0.4, -0.2) is 68.2 Å². The largest absolute Gasteiger partial charge is 0.478 e. The monoisotopic (exact) mass is 923 g/mol. The molecule has 8 aromatic rings. The number of carbonyl (C=O) groups excluding carboxylic acids is 1. The minimum atomic E-state index is -4.29. The van der Waals surface area contributed by atoms with Crippen LogP contribution in [0.15, 0.2) is 134 Å². The number of para-hydroxylation sites is 2. The summed E-state index contributed by atoms with van der Waals surface area (Å²) >= 11 is 0. The molecule has 0 bridgehead atoms. The minimum absolute atomic E-state index is 0.183. The zero-order valence-electron chi connectivity index (χ0n) is 36.2. The van der Waals surface area contributed by atoms with Crippen LogP contribution in [0.2, 0.25) is 0 Å². The number of carboxylic acid groups (broad SMARTS) is 1. The Labute approximate surface area is 379 Å². The number of carbonyl (C=O) groups is 2. The number of aromatic nitrogens is 4.